The van der Waals surface area contributed by atoms with Crippen LogP contribution in [-0.4, -0.2) is 54.5 Å². The third-order valence-electron chi connectivity index (χ3n) is 4.14. The van der Waals surface area contributed by atoms with E-state index in [2.05, 4.69) is 0 Å². The predicted molar refractivity (Wildman–Crippen MR) is 88.0 cm³/mol. The van der Waals surface area contributed by atoms with Crippen LogP contribution >= 0.6 is 0 Å². The molecule has 1 atom stereocenters. The van der Waals surface area contributed by atoms with Crippen molar-refractivity contribution in [2.75, 3.05) is 31.6 Å². The Bertz CT molecular complexity index is 631. The van der Waals surface area contributed by atoms with Crippen LogP contribution in [0.5, 0.6) is 5.75 Å². The highest BCUT2D eigenvalue weighted by Crippen LogP contribution is 2.33. The molecule has 0 spiro atoms. The van der Waals surface area contributed by atoms with Gasteiger partial charge in [-0.2, -0.15) is 0 Å². The van der Waals surface area contributed by atoms with Crippen molar-refractivity contribution in [3.8, 4) is 5.75 Å². The number of carbonyl (C=O) groups is 3. The zero-order chi connectivity index (χ0) is 17.7. The first-order valence-electron chi connectivity index (χ1n) is 7.91. The first-order valence-corrected chi connectivity index (χ1v) is 7.91. The number of anilines is 1. The van der Waals surface area contributed by atoms with Crippen LogP contribution in [0.15, 0.2) is 24.3 Å². The molecule has 130 valence electrons. The molecule has 1 aromatic rings. The molecular formula is C17H22N2O5. The van der Waals surface area contributed by atoms with Gasteiger partial charge in [-0.05, 0) is 19.1 Å². The number of hydrogen-bond acceptors (Lipinski definition) is 4. The molecule has 1 fully saturated rings. The first kappa shape index (κ1) is 17.8. The number of carboxylic acid groups (broad SMARTS) is 1. The molecule has 2 amide bonds. The summed E-state index contributed by atoms with van der Waals surface area (Å²) in [7, 11) is 1.53. The van der Waals surface area contributed by atoms with Crippen LogP contribution in [-0.2, 0) is 14.4 Å². The molecule has 7 heteroatoms. The van der Waals surface area contributed by atoms with Gasteiger partial charge in [0.15, 0.2) is 0 Å². The van der Waals surface area contributed by atoms with E-state index in [9.17, 15) is 14.4 Å². The molecule has 1 aliphatic rings. The Labute approximate surface area is 140 Å². The number of amides is 2. The number of nitrogens with zero attached hydrogens (tertiary/aromatic N) is 2. The number of methoxy groups -OCH3 is 1. The molecule has 0 bridgehead atoms. The molecular weight excluding hydrogens is 312 g/mol. The summed E-state index contributed by atoms with van der Waals surface area (Å²) in [6.07, 6.45) is 0.0247. The summed E-state index contributed by atoms with van der Waals surface area (Å²) in [4.78, 5) is 38.7. The van der Waals surface area contributed by atoms with Crippen molar-refractivity contribution in [2.45, 2.75) is 19.8 Å². The van der Waals surface area contributed by atoms with E-state index in [1.165, 1.54) is 12.0 Å². The van der Waals surface area contributed by atoms with Crippen LogP contribution in [0.3, 0.4) is 0 Å². The Morgan fingerprint density at radius 1 is 1.38 bits per heavy atom. The van der Waals surface area contributed by atoms with Crippen molar-refractivity contribution < 1.29 is 24.2 Å². The van der Waals surface area contributed by atoms with E-state index in [0.29, 0.717) is 18.0 Å². The maximum absolute atomic E-state index is 12.6. The van der Waals surface area contributed by atoms with E-state index in [-0.39, 0.29) is 37.7 Å². The van der Waals surface area contributed by atoms with Crippen molar-refractivity contribution >= 4 is 23.5 Å². The standard InChI is InChI=1S/C17H22N2O5/c1-3-18(9-8-16(21)22)17(23)12-10-15(20)19(11-12)13-6-4-5-7-14(13)24-2/h4-7,12H,3,8-11H2,1-2H3,(H,21,22). The Balaban J connectivity index is 2.10. The summed E-state index contributed by atoms with van der Waals surface area (Å²) in [5.74, 6) is -1.13. The number of aliphatic carboxylic acids is 1. The van der Waals surface area contributed by atoms with Crippen molar-refractivity contribution in [2.24, 2.45) is 5.92 Å². The van der Waals surface area contributed by atoms with E-state index >= 15 is 0 Å². The molecule has 0 radical (unpaired) electrons. The van der Waals surface area contributed by atoms with Gasteiger partial charge in [0.25, 0.3) is 0 Å². The Kier molecular flexibility index (Phi) is 5.78. The fourth-order valence-corrected chi connectivity index (χ4v) is 2.87. The van der Waals surface area contributed by atoms with Crippen molar-refractivity contribution in [3.63, 3.8) is 0 Å². The number of ether oxygens (including phenoxy) is 1. The fraction of sp³-hybridized carbons (Fsp3) is 0.471. The molecule has 1 heterocycles. The average Bonchev–Trinajstić information content (AvgIpc) is 2.96. The minimum atomic E-state index is -0.945. The molecule has 0 aromatic heterocycles. The van der Waals surface area contributed by atoms with Crippen LogP contribution in [0.25, 0.3) is 0 Å². The zero-order valence-corrected chi connectivity index (χ0v) is 13.9. The highest BCUT2D eigenvalue weighted by Gasteiger charge is 2.37. The summed E-state index contributed by atoms with van der Waals surface area (Å²) >= 11 is 0. The van der Waals surface area contributed by atoms with E-state index in [0.717, 1.165) is 0 Å². The minimum Gasteiger partial charge on any atom is -0.495 e. The summed E-state index contributed by atoms with van der Waals surface area (Å²) in [6, 6.07) is 7.18. The first-order chi connectivity index (χ1) is 11.5. The Hall–Kier alpha value is -2.57. The predicted octanol–water partition coefficient (Wildman–Crippen LogP) is 1.37. The molecule has 0 aliphatic carbocycles. The molecule has 1 unspecified atom stereocenters. The topological polar surface area (TPSA) is 87.2 Å². The van der Waals surface area contributed by atoms with Crippen LogP contribution in [0.2, 0.25) is 0 Å². The van der Waals surface area contributed by atoms with Gasteiger partial charge in [-0.1, -0.05) is 12.1 Å². The van der Waals surface area contributed by atoms with Gasteiger partial charge in [0, 0.05) is 26.1 Å². The van der Waals surface area contributed by atoms with Crippen LogP contribution in [0, 0.1) is 5.92 Å². The second-order valence-electron chi connectivity index (χ2n) is 5.64. The van der Waals surface area contributed by atoms with Gasteiger partial charge < -0.3 is 19.6 Å². The highest BCUT2D eigenvalue weighted by molar-refractivity contribution is 6.01. The number of carbonyl (C=O) groups excluding carboxylic acids is 2. The van der Waals surface area contributed by atoms with Crippen molar-refractivity contribution in [1.82, 2.24) is 4.90 Å². The summed E-state index contributed by atoms with van der Waals surface area (Å²) in [5.41, 5.74) is 0.647. The van der Waals surface area contributed by atoms with E-state index in [1.807, 2.05) is 12.1 Å². The lowest BCUT2D eigenvalue weighted by Crippen LogP contribution is -2.38. The number of hydrogen-bond donors (Lipinski definition) is 1. The van der Waals surface area contributed by atoms with Crippen LogP contribution < -0.4 is 9.64 Å². The van der Waals surface area contributed by atoms with E-state index in [4.69, 9.17) is 9.84 Å². The fourth-order valence-electron chi connectivity index (χ4n) is 2.87. The second kappa shape index (κ2) is 7.81. The average molecular weight is 334 g/mol. The van der Waals surface area contributed by atoms with Gasteiger partial charge in [0.2, 0.25) is 11.8 Å². The molecule has 0 saturated carbocycles. The lowest BCUT2D eigenvalue weighted by atomic mass is 10.1. The van der Waals surface area contributed by atoms with Gasteiger partial charge in [0.05, 0.1) is 25.1 Å². The normalized spacial score (nSPS) is 17.0. The highest BCUT2D eigenvalue weighted by atomic mass is 16.5. The third-order valence-corrected chi connectivity index (χ3v) is 4.14. The molecule has 2 rings (SSSR count). The zero-order valence-electron chi connectivity index (χ0n) is 13.9. The minimum absolute atomic E-state index is 0.101. The van der Waals surface area contributed by atoms with Crippen LogP contribution in [0.1, 0.15) is 19.8 Å². The number of carboxylic acids is 1. The van der Waals surface area contributed by atoms with E-state index in [1.54, 1.807) is 24.0 Å². The maximum atomic E-state index is 12.6. The quantitative estimate of drug-likeness (QED) is 0.814. The van der Waals surface area contributed by atoms with Gasteiger partial charge in [-0.25, -0.2) is 0 Å². The summed E-state index contributed by atoms with van der Waals surface area (Å²) < 4.78 is 5.28. The lowest BCUT2D eigenvalue weighted by molar-refractivity contribution is -0.139. The largest absolute Gasteiger partial charge is 0.495 e. The number of para-hydroxylation sites is 2. The van der Waals surface area contributed by atoms with Crippen molar-refractivity contribution in [1.29, 1.82) is 0 Å². The second-order valence-corrected chi connectivity index (χ2v) is 5.64. The molecule has 1 aromatic carbocycles. The van der Waals surface area contributed by atoms with Gasteiger partial charge >= 0.3 is 5.97 Å². The summed E-state index contributed by atoms with van der Waals surface area (Å²) in [6.45, 7) is 2.66. The number of benzene rings is 1. The van der Waals surface area contributed by atoms with E-state index < -0.39 is 11.9 Å². The third kappa shape index (κ3) is 3.84. The van der Waals surface area contributed by atoms with Gasteiger partial charge in [-0.15, -0.1) is 0 Å². The molecule has 1 aliphatic heterocycles. The van der Waals surface area contributed by atoms with Crippen molar-refractivity contribution in [3.05, 3.63) is 24.3 Å². The lowest BCUT2D eigenvalue weighted by Gasteiger charge is -2.24. The summed E-state index contributed by atoms with van der Waals surface area (Å²) in [5, 5.41) is 8.78. The molecule has 1 saturated heterocycles. The maximum Gasteiger partial charge on any atom is 0.305 e. The molecule has 24 heavy (non-hydrogen) atoms. The smallest absolute Gasteiger partial charge is 0.305 e. The molecule has 7 nitrogen and oxygen atoms in total. The molecule has 1 N–H and O–H groups in total. The van der Waals surface area contributed by atoms with Gasteiger partial charge in [0.1, 0.15) is 5.75 Å². The van der Waals surface area contributed by atoms with Crippen LogP contribution in [0.4, 0.5) is 5.69 Å². The van der Waals surface area contributed by atoms with Gasteiger partial charge in [-0.3, -0.25) is 14.4 Å². The Morgan fingerprint density at radius 3 is 2.71 bits per heavy atom. The SMILES string of the molecule is CCN(CCC(=O)O)C(=O)C1CC(=O)N(c2ccccc2OC)C1. The number of rotatable bonds is 7. The Morgan fingerprint density at radius 2 is 2.08 bits per heavy atom. The monoisotopic (exact) mass is 334 g/mol.